The summed E-state index contributed by atoms with van der Waals surface area (Å²) in [5.41, 5.74) is 8.43. The zero-order chi connectivity index (χ0) is 21.8. The maximum Gasteiger partial charge on any atom is 0.212 e. The van der Waals surface area contributed by atoms with E-state index in [1.54, 1.807) is 12.1 Å². The van der Waals surface area contributed by atoms with Crippen molar-refractivity contribution in [2.24, 2.45) is 10.7 Å². The summed E-state index contributed by atoms with van der Waals surface area (Å²) in [6.07, 6.45) is 0.282. The maximum atomic E-state index is 6.17. The van der Waals surface area contributed by atoms with Gasteiger partial charge >= 0.3 is 0 Å². The van der Waals surface area contributed by atoms with Crippen LogP contribution < -0.4 is 20.5 Å². The van der Waals surface area contributed by atoms with Crippen molar-refractivity contribution >= 4 is 46.1 Å². The standard InChI is InChI=1S/C22H17Cl2N5O3/c23-12-3-2-11(8-13(12)24)16-4-5-17(32-16)20-27-21(25)28-22-26-14-9-18-19(10-15(14)29(20)22)31-7-1-6-30-18/h2-5,8-10,20H,1,6-7H2,(H3,25,26,27,28). The van der Waals surface area contributed by atoms with Gasteiger partial charge in [-0.15, -0.1) is 0 Å². The molecule has 2 aliphatic rings. The molecule has 4 aromatic rings. The number of aromatic nitrogens is 2. The number of guanidine groups is 1. The Morgan fingerprint density at radius 3 is 2.62 bits per heavy atom. The smallest absolute Gasteiger partial charge is 0.212 e. The third kappa shape index (κ3) is 3.14. The lowest BCUT2D eigenvalue weighted by Gasteiger charge is -2.22. The SMILES string of the molecule is NC1=NC(c2ccc(-c3ccc(Cl)c(Cl)c3)o2)n2c(nc3cc4c(cc32)OCCCO4)N1. The zero-order valence-corrected chi connectivity index (χ0v) is 18.2. The minimum Gasteiger partial charge on any atom is -0.489 e. The number of nitrogens with two attached hydrogens (primary N) is 1. The summed E-state index contributed by atoms with van der Waals surface area (Å²) in [6.45, 7) is 1.20. The van der Waals surface area contributed by atoms with E-state index in [0.29, 0.717) is 52.2 Å². The van der Waals surface area contributed by atoms with Crippen LogP contribution in [0.15, 0.2) is 51.9 Å². The van der Waals surface area contributed by atoms with E-state index in [-0.39, 0.29) is 5.96 Å². The van der Waals surface area contributed by atoms with Crippen LogP contribution in [0.2, 0.25) is 10.0 Å². The molecule has 6 rings (SSSR count). The highest BCUT2D eigenvalue weighted by Crippen LogP contribution is 2.40. The molecule has 0 amide bonds. The van der Waals surface area contributed by atoms with Crippen molar-refractivity contribution in [3.05, 3.63) is 58.3 Å². The Bertz CT molecular complexity index is 1390. The highest BCUT2D eigenvalue weighted by atomic mass is 35.5. The van der Waals surface area contributed by atoms with Crippen molar-refractivity contribution in [3.8, 4) is 22.8 Å². The van der Waals surface area contributed by atoms with Crippen LogP contribution >= 0.6 is 23.2 Å². The quantitative estimate of drug-likeness (QED) is 0.425. The molecule has 162 valence electrons. The number of ether oxygens (including phenoxy) is 2. The first-order valence-electron chi connectivity index (χ1n) is 10.0. The normalized spacial score (nSPS) is 17.4. The Hall–Kier alpha value is -3.36. The molecule has 2 aromatic heterocycles. The molecule has 3 N–H and O–H groups in total. The van der Waals surface area contributed by atoms with E-state index >= 15 is 0 Å². The van der Waals surface area contributed by atoms with Crippen LogP contribution in [0.4, 0.5) is 5.95 Å². The number of rotatable bonds is 2. The van der Waals surface area contributed by atoms with Gasteiger partial charge in [-0.25, -0.2) is 9.98 Å². The number of halogens is 2. The van der Waals surface area contributed by atoms with Crippen LogP contribution in [0, 0.1) is 0 Å². The average Bonchev–Trinajstić information content (AvgIpc) is 3.32. The first kappa shape index (κ1) is 19.3. The molecule has 32 heavy (non-hydrogen) atoms. The summed E-state index contributed by atoms with van der Waals surface area (Å²) in [6, 6.07) is 12.9. The number of hydrogen-bond donors (Lipinski definition) is 2. The van der Waals surface area contributed by atoms with Gasteiger partial charge in [0.15, 0.2) is 23.6 Å². The Morgan fingerprint density at radius 1 is 1.00 bits per heavy atom. The number of imidazole rings is 1. The van der Waals surface area contributed by atoms with E-state index in [1.165, 1.54) is 0 Å². The van der Waals surface area contributed by atoms with Gasteiger partial charge in [0.05, 0.1) is 34.3 Å². The number of fused-ring (bicyclic) bond motifs is 4. The third-order valence-electron chi connectivity index (χ3n) is 5.39. The summed E-state index contributed by atoms with van der Waals surface area (Å²) in [5, 5.41) is 3.97. The van der Waals surface area contributed by atoms with Gasteiger partial charge in [0.2, 0.25) is 5.95 Å². The van der Waals surface area contributed by atoms with E-state index in [0.717, 1.165) is 23.0 Å². The molecule has 1 atom stereocenters. The van der Waals surface area contributed by atoms with Gasteiger partial charge in [0.1, 0.15) is 11.5 Å². The molecule has 10 heteroatoms. The van der Waals surface area contributed by atoms with E-state index in [1.807, 2.05) is 34.9 Å². The molecular weight excluding hydrogens is 453 g/mol. The average molecular weight is 470 g/mol. The van der Waals surface area contributed by atoms with Gasteiger partial charge in [0, 0.05) is 24.1 Å². The number of hydrogen-bond acceptors (Lipinski definition) is 7. The third-order valence-corrected chi connectivity index (χ3v) is 6.13. The van der Waals surface area contributed by atoms with Crippen LogP contribution in [0.25, 0.3) is 22.4 Å². The highest BCUT2D eigenvalue weighted by Gasteiger charge is 2.29. The largest absolute Gasteiger partial charge is 0.489 e. The number of nitrogens with one attached hydrogen (secondary N) is 1. The molecule has 8 nitrogen and oxygen atoms in total. The second-order valence-corrected chi connectivity index (χ2v) is 8.30. The molecule has 0 spiro atoms. The predicted octanol–water partition coefficient (Wildman–Crippen LogP) is 5.05. The van der Waals surface area contributed by atoms with Crippen LogP contribution in [-0.2, 0) is 0 Å². The first-order chi connectivity index (χ1) is 15.6. The molecule has 0 saturated carbocycles. The summed E-state index contributed by atoms with van der Waals surface area (Å²) in [7, 11) is 0. The molecule has 4 heterocycles. The lowest BCUT2D eigenvalue weighted by atomic mass is 10.2. The number of nitrogens with zero attached hydrogens (tertiary/aromatic N) is 3. The minimum absolute atomic E-state index is 0.249. The monoisotopic (exact) mass is 469 g/mol. The van der Waals surface area contributed by atoms with Crippen molar-refractivity contribution in [3.63, 3.8) is 0 Å². The van der Waals surface area contributed by atoms with Gasteiger partial charge in [-0.05, 0) is 30.3 Å². The second kappa shape index (κ2) is 7.36. The van der Waals surface area contributed by atoms with Crippen LogP contribution in [0.3, 0.4) is 0 Å². The van der Waals surface area contributed by atoms with Gasteiger partial charge in [-0.1, -0.05) is 23.2 Å². The van der Waals surface area contributed by atoms with Crippen molar-refractivity contribution in [2.75, 3.05) is 18.5 Å². The summed E-state index contributed by atoms with van der Waals surface area (Å²) in [5.74, 6) is 3.40. The molecule has 0 radical (unpaired) electrons. The number of anilines is 1. The van der Waals surface area contributed by atoms with E-state index < -0.39 is 6.17 Å². The summed E-state index contributed by atoms with van der Waals surface area (Å²) >= 11 is 12.2. The van der Waals surface area contributed by atoms with Crippen LogP contribution in [-0.4, -0.2) is 28.7 Å². The van der Waals surface area contributed by atoms with Gasteiger partial charge in [-0.2, -0.15) is 0 Å². The van der Waals surface area contributed by atoms with Crippen molar-refractivity contribution in [2.45, 2.75) is 12.6 Å². The van der Waals surface area contributed by atoms with Crippen molar-refractivity contribution in [1.82, 2.24) is 9.55 Å². The second-order valence-electron chi connectivity index (χ2n) is 7.49. The fraction of sp³-hybridized carbons (Fsp3) is 0.182. The van der Waals surface area contributed by atoms with Crippen LogP contribution in [0.1, 0.15) is 18.3 Å². The predicted molar refractivity (Wildman–Crippen MR) is 123 cm³/mol. The fourth-order valence-electron chi connectivity index (χ4n) is 3.91. The van der Waals surface area contributed by atoms with Gasteiger partial charge in [-0.3, -0.25) is 9.88 Å². The summed E-state index contributed by atoms with van der Waals surface area (Å²) in [4.78, 5) is 9.26. The number of aliphatic imine (C=N–C) groups is 1. The maximum absolute atomic E-state index is 6.17. The molecule has 2 aromatic carbocycles. The lowest BCUT2D eigenvalue weighted by Crippen LogP contribution is -2.31. The Balaban J connectivity index is 1.46. The summed E-state index contributed by atoms with van der Waals surface area (Å²) < 4.78 is 19.8. The minimum atomic E-state index is -0.544. The zero-order valence-electron chi connectivity index (χ0n) is 16.6. The Morgan fingerprint density at radius 2 is 1.81 bits per heavy atom. The van der Waals surface area contributed by atoms with Crippen LogP contribution in [0.5, 0.6) is 11.5 Å². The van der Waals surface area contributed by atoms with E-state index in [9.17, 15) is 0 Å². The van der Waals surface area contributed by atoms with E-state index in [4.69, 9.17) is 42.8 Å². The fourth-order valence-corrected chi connectivity index (χ4v) is 4.21. The molecule has 0 saturated heterocycles. The first-order valence-corrected chi connectivity index (χ1v) is 10.8. The van der Waals surface area contributed by atoms with Crippen molar-refractivity contribution in [1.29, 1.82) is 0 Å². The molecule has 1 unspecified atom stereocenters. The number of furan rings is 1. The Kier molecular flexibility index (Phi) is 4.44. The molecule has 0 aliphatic carbocycles. The topological polar surface area (TPSA) is 99.8 Å². The van der Waals surface area contributed by atoms with Crippen molar-refractivity contribution < 1.29 is 13.9 Å². The van der Waals surface area contributed by atoms with Gasteiger partial charge in [0.25, 0.3) is 0 Å². The van der Waals surface area contributed by atoms with E-state index in [2.05, 4.69) is 15.3 Å². The van der Waals surface area contributed by atoms with Gasteiger partial charge < -0.3 is 19.6 Å². The molecular formula is C22H17Cl2N5O3. The number of benzene rings is 2. The molecule has 0 bridgehead atoms. The molecule has 0 fully saturated rings. The lowest BCUT2D eigenvalue weighted by molar-refractivity contribution is 0.297. The molecule has 2 aliphatic heterocycles. The Labute approximate surface area is 192 Å². The highest BCUT2D eigenvalue weighted by molar-refractivity contribution is 6.42.